The molecule has 2 heterocycles. The highest BCUT2D eigenvalue weighted by molar-refractivity contribution is 5.12. The Hall–Kier alpha value is -1.12. The van der Waals surface area contributed by atoms with Crippen molar-refractivity contribution in [2.24, 2.45) is 0 Å². The van der Waals surface area contributed by atoms with E-state index in [1.165, 1.54) is 0 Å². The van der Waals surface area contributed by atoms with Crippen LogP contribution in [0.25, 0.3) is 0 Å². The topological polar surface area (TPSA) is 24.9 Å². The summed E-state index contributed by atoms with van der Waals surface area (Å²) in [6.07, 6.45) is 8.30. The third-order valence-corrected chi connectivity index (χ3v) is 7.33. The fraction of sp³-hybridized carbons (Fsp3) is 0.786. The van der Waals surface area contributed by atoms with Gasteiger partial charge in [-0.15, -0.1) is 13.2 Å². The predicted octanol–water partition coefficient (Wildman–Crippen LogP) is 5.44. The van der Waals surface area contributed by atoms with Crippen LogP contribution in [0.2, 0.25) is 0 Å². The largest absolute Gasteiger partial charge is 0.374 e. The van der Waals surface area contributed by atoms with Crippen LogP contribution >= 0.6 is 0 Å². The summed E-state index contributed by atoms with van der Waals surface area (Å²) in [5.41, 5.74) is 0.173. The van der Waals surface area contributed by atoms with E-state index in [9.17, 15) is 0 Å². The van der Waals surface area contributed by atoms with Gasteiger partial charge in [0.25, 0.3) is 0 Å². The van der Waals surface area contributed by atoms with Crippen LogP contribution in [0.4, 0.5) is 0 Å². The first-order chi connectivity index (χ1) is 14.7. The van der Waals surface area contributed by atoms with Crippen LogP contribution in [0.3, 0.4) is 0 Å². The van der Waals surface area contributed by atoms with E-state index in [2.05, 4.69) is 90.2 Å². The lowest BCUT2D eigenvalue weighted by Crippen LogP contribution is -2.62. The van der Waals surface area contributed by atoms with E-state index in [1.54, 1.807) is 0 Å². The first kappa shape index (κ1) is 27.1. The van der Waals surface area contributed by atoms with Crippen LogP contribution in [0.5, 0.6) is 0 Å². The van der Waals surface area contributed by atoms with Crippen molar-refractivity contribution in [3.05, 3.63) is 25.3 Å². The summed E-state index contributed by atoms with van der Waals surface area (Å²) >= 11 is 0. The molecule has 0 aromatic carbocycles. The molecular weight excluding hydrogens is 396 g/mol. The first-order valence-corrected chi connectivity index (χ1v) is 12.2. The van der Waals surface area contributed by atoms with Gasteiger partial charge >= 0.3 is 0 Å². The maximum Gasteiger partial charge on any atom is 0.0648 e. The van der Waals surface area contributed by atoms with Gasteiger partial charge in [-0.05, 0) is 81.1 Å². The zero-order chi connectivity index (χ0) is 24.2. The normalized spacial score (nSPS) is 25.6. The van der Waals surface area contributed by atoms with Crippen molar-refractivity contribution in [2.75, 3.05) is 26.3 Å². The number of likely N-dealkylation sites (tertiary alicyclic amines) is 2. The van der Waals surface area contributed by atoms with Crippen molar-refractivity contribution in [3.63, 3.8) is 0 Å². The monoisotopic (exact) mass is 444 g/mol. The molecule has 182 valence electrons. The number of rotatable bonds is 8. The highest BCUT2D eigenvalue weighted by Crippen LogP contribution is 2.40. The maximum atomic E-state index is 6.03. The van der Waals surface area contributed by atoms with E-state index in [0.717, 1.165) is 38.8 Å². The zero-order valence-electron chi connectivity index (χ0n) is 22.1. The highest BCUT2D eigenvalue weighted by atomic mass is 16.5. The molecule has 32 heavy (non-hydrogen) atoms. The average Bonchev–Trinajstić information content (AvgIpc) is 2.63. The van der Waals surface area contributed by atoms with Crippen LogP contribution in [-0.2, 0) is 9.47 Å². The molecule has 0 spiro atoms. The zero-order valence-corrected chi connectivity index (χ0v) is 22.1. The number of ether oxygens (including phenoxy) is 2. The number of piperidine rings is 2. The molecule has 2 rings (SSSR count). The number of hydrogen-bond donors (Lipinski definition) is 0. The lowest BCUT2D eigenvalue weighted by Gasteiger charge is -2.55. The van der Waals surface area contributed by atoms with Crippen molar-refractivity contribution in [2.45, 2.75) is 115 Å². The summed E-state index contributed by atoms with van der Waals surface area (Å²) in [6, 6.07) is 0. The fourth-order valence-electron chi connectivity index (χ4n) is 6.22. The molecule has 0 radical (unpaired) electrons. The van der Waals surface area contributed by atoms with E-state index in [4.69, 9.17) is 9.47 Å². The Kier molecular flexibility index (Phi) is 8.84. The predicted molar refractivity (Wildman–Crippen MR) is 136 cm³/mol. The van der Waals surface area contributed by atoms with Gasteiger partial charge in [0, 0.05) is 22.2 Å². The van der Waals surface area contributed by atoms with E-state index in [0.29, 0.717) is 13.2 Å². The van der Waals surface area contributed by atoms with Gasteiger partial charge in [0.05, 0.1) is 38.5 Å². The quantitative estimate of drug-likeness (QED) is 0.368. The Morgan fingerprint density at radius 2 is 0.938 bits per heavy atom. The standard InChI is InChI=1S/C28H48N2O2/c1-11-17-31-23-19-25(3,4)29(26(5,6)20-23)15-13-14-16-30-27(7,8)21-24(32-18-12-2)22-28(30,9)10/h11-12,23-24H,1-2,15-22H2,3-10H3. The van der Waals surface area contributed by atoms with Gasteiger partial charge in [0.1, 0.15) is 0 Å². The van der Waals surface area contributed by atoms with Crippen molar-refractivity contribution in [3.8, 4) is 11.8 Å². The summed E-state index contributed by atoms with van der Waals surface area (Å²) in [7, 11) is 0. The molecule has 0 aromatic rings. The van der Waals surface area contributed by atoms with Crippen molar-refractivity contribution in [1.82, 2.24) is 9.80 Å². The molecule has 4 heteroatoms. The molecule has 0 unspecified atom stereocenters. The average molecular weight is 445 g/mol. The molecule has 2 saturated heterocycles. The molecule has 2 aliphatic rings. The highest BCUT2D eigenvalue weighted by Gasteiger charge is 2.46. The van der Waals surface area contributed by atoms with Crippen LogP contribution in [0.15, 0.2) is 25.3 Å². The molecule has 0 aliphatic carbocycles. The summed E-state index contributed by atoms with van der Waals surface area (Å²) in [6.45, 7) is 29.0. The Labute approximate surface area is 198 Å². The minimum absolute atomic E-state index is 0.0433. The van der Waals surface area contributed by atoms with Crippen LogP contribution < -0.4 is 0 Å². The molecule has 0 aromatic heterocycles. The molecule has 2 aliphatic heterocycles. The summed E-state index contributed by atoms with van der Waals surface area (Å²) < 4.78 is 12.1. The minimum Gasteiger partial charge on any atom is -0.374 e. The SMILES string of the molecule is C=CCOC1CC(C)(C)N(CC#CCN2C(C)(C)CC(OCC=C)CC2(C)C)C(C)(C)C1. The molecule has 0 amide bonds. The smallest absolute Gasteiger partial charge is 0.0648 e. The van der Waals surface area contributed by atoms with Gasteiger partial charge < -0.3 is 9.47 Å². The molecule has 0 N–H and O–H groups in total. The van der Waals surface area contributed by atoms with Crippen molar-refractivity contribution in [1.29, 1.82) is 0 Å². The van der Waals surface area contributed by atoms with E-state index in [1.807, 2.05) is 12.2 Å². The van der Waals surface area contributed by atoms with Crippen LogP contribution in [0.1, 0.15) is 81.1 Å². The Balaban J connectivity index is 2.04. The van der Waals surface area contributed by atoms with Gasteiger partial charge in [-0.3, -0.25) is 9.80 Å². The molecule has 0 atom stereocenters. The second kappa shape index (κ2) is 10.4. The van der Waals surface area contributed by atoms with Gasteiger partial charge in [0.15, 0.2) is 0 Å². The van der Waals surface area contributed by atoms with Gasteiger partial charge in [0.2, 0.25) is 0 Å². The molecule has 2 fully saturated rings. The number of hydrogen-bond acceptors (Lipinski definition) is 4. The maximum absolute atomic E-state index is 6.03. The summed E-state index contributed by atoms with van der Waals surface area (Å²) in [5.74, 6) is 7.05. The first-order valence-electron chi connectivity index (χ1n) is 12.2. The van der Waals surface area contributed by atoms with Crippen molar-refractivity contribution < 1.29 is 9.47 Å². The third kappa shape index (κ3) is 6.70. The lowest BCUT2D eigenvalue weighted by molar-refractivity contribution is -0.0939. The molecule has 4 nitrogen and oxygen atoms in total. The minimum atomic E-state index is 0.0433. The second-order valence-electron chi connectivity index (χ2n) is 12.1. The number of nitrogens with zero attached hydrogens (tertiary/aromatic N) is 2. The molecular formula is C28H48N2O2. The van der Waals surface area contributed by atoms with E-state index < -0.39 is 0 Å². The van der Waals surface area contributed by atoms with E-state index >= 15 is 0 Å². The Morgan fingerprint density at radius 1 is 0.656 bits per heavy atom. The second-order valence-corrected chi connectivity index (χ2v) is 12.1. The Bertz CT molecular complexity index is 617. The van der Waals surface area contributed by atoms with Crippen LogP contribution in [-0.4, -0.2) is 70.5 Å². The third-order valence-electron chi connectivity index (χ3n) is 7.33. The van der Waals surface area contributed by atoms with E-state index in [-0.39, 0.29) is 34.4 Å². The molecule has 0 bridgehead atoms. The fourth-order valence-corrected chi connectivity index (χ4v) is 6.22. The van der Waals surface area contributed by atoms with Crippen molar-refractivity contribution >= 4 is 0 Å². The van der Waals surface area contributed by atoms with Gasteiger partial charge in [-0.2, -0.15) is 0 Å². The summed E-state index contributed by atoms with van der Waals surface area (Å²) in [5, 5.41) is 0. The van der Waals surface area contributed by atoms with Gasteiger partial charge in [-0.25, -0.2) is 0 Å². The van der Waals surface area contributed by atoms with Gasteiger partial charge in [-0.1, -0.05) is 24.0 Å². The van der Waals surface area contributed by atoms with Crippen LogP contribution in [0, 0.1) is 11.8 Å². The molecule has 0 saturated carbocycles. The summed E-state index contributed by atoms with van der Waals surface area (Å²) in [4.78, 5) is 5.12. The Morgan fingerprint density at radius 3 is 1.19 bits per heavy atom. The lowest BCUT2D eigenvalue weighted by atomic mass is 9.78.